The highest BCUT2D eigenvalue weighted by molar-refractivity contribution is 8.14. The van der Waals surface area contributed by atoms with Gasteiger partial charge in [-0.05, 0) is 24.1 Å². The third-order valence-electron chi connectivity index (χ3n) is 5.11. The molecule has 1 heterocycles. The number of benzene rings is 2. The number of carbonyl (C=O) groups is 2. The van der Waals surface area contributed by atoms with E-state index in [9.17, 15) is 19.7 Å². The average Bonchev–Trinajstić information content (AvgIpc) is 3.22. The van der Waals surface area contributed by atoms with Crippen LogP contribution in [0.3, 0.4) is 0 Å². The van der Waals surface area contributed by atoms with E-state index in [0.29, 0.717) is 24.1 Å². The lowest BCUT2D eigenvalue weighted by molar-refractivity contribution is -0.384. The van der Waals surface area contributed by atoms with Crippen molar-refractivity contribution in [2.24, 2.45) is 0 Å². The minimum Gasteiger partial charge on any atom is -0.445 e. The van der Waals surface area contributed by atoms with Crippen molar-refractivity contribution in [3.05, 3.63) is 75.8 Å². The van der Waals surface area contributed by atoms with Crippen LogP contribution in [-0.4, -0.2) is 59.4 Å². The number of rotatable bonds is 8. The number of amides is 1. The number of non-ortho nitro benzene ring substituents is 1. The molecule has 0 saturated carbocycles. The Labute approximate surface area is 189 Å². The zero-order valence-electron chi connectivity index (χ0n) is 17.7. The van der Waals surface area contributed by atoms with Crippen molar-refractivity contribution in [2.45, 2.75) is 30.6 Å². The Morgan fingerprint density at radius 2 is 1.78 bits per heavy atom. The fourth-order valence-corrected chi connectivity index (χ4v) is 4.63. The fraction of sp³-hybridized carbons (Fsp3) is 0.364. The largest absolute Gasteiger partial charge is 0.445 e. The molecule has 0 bridgehead atoms. The van der Waals surface area contributed by atoms with Gasteiger partial charge in [-0.15, -0.1) is 0 Å². The van der Waals surface area contributed by atoms with Gasteiger partial charge in [0.2, 0.25) is 5.12 Å². The monoisotopic (exact) mass is 460 g/mol. The van der Waals surface area contributed by atoms with E-state index in [-0.39, 0.29) is 22.7 Å². The molecule has 0 aromatic heterocycles. The lowest BCUT2D eigenvalue weighted by atomic mass is 10.2. The molecule has 0 N–H and O–H groups in total. The van der Waals surface area contributed by atoms with Gasteiger partial charge in [-0.2, -0.15) is 0 Å². The van der Waals surface area contributed by atoms with Gasteiger partial charge in [0.05, 0.1) is 11.0 Å². The second-order valence-corrected chi connectivity index (χ2v) is 8.44. The Hall–Kier alpha value is -2.95. The van der Waals surface area contributed by atoms with Crippen molar-refractivity contribution in [3.8, 4) is 0 Å². The molecule has 2 atom stereocenters. The molecule has 10 heteroatoms. The Morgan fingerprint density at radius 3 is 2.38 bits per heavy atom. The first-order chi connectivity index (χ1) is 15.4. The van der Waals surface area contributed by atoms with Crippen molar-refractivity contribution in [2.75, 3.05) is 20.8 Å². The summed E-state index contributed by atoms with van der Waals surface area (Å²) in [7, 11) is 2.98. The molecule has 0 radical (unpaired) electrons. The number of likely N-dealkylation sites (tertiary alicyclic amines) is 1. The third-order valence-corrected chi connectivity index (χ3v) is 6.24. The van der Waals surface area contributed by atoms with Crippen molar-refractivity contribution in [1.29, 1.82) is 0 Å². The van der Waals surface area contributed by atoms with E-state index in [0.717, 1.165) is 0 Å². The van der Waals surface area contributed by atoms with Crippen molar-refractivity contribution in [1.82, 2.24) is 4.90 Å². The minimum atomic E-state index is -0.667. The molecule has 2 aromatic carbocycles. The maximum absolute atomic E-state index is 12.8. The molecule has 2 aromatic rings. The summed E-state index contributed by atoms with van der Waals surface area (Å²) in [6.07, 6.45) is -0.732. The third kappa shape index (κ3) is 5.84. The predicted octanol–water partition coefficient (Wildman–Crippen LogP) is 3.87. The lowest BCUT2D eigenvalue weighted by Gasteiger charge is -2.28. The summed E-state index contributed by atoms with van der Waals surface area (Å²) in [5.41, 5.74) is 1.19. The van der Waals surface area contributed by atoms with Crippen LogP contribution in [0.4, 0.5) is 10.5 Å². The molecule has 1 aliphatic heterocycles. The molecule has 0 unspecified atom stereocenters. The first-order valence-corrected chi connectivity index (χ1v) is 10.8. The van der Waals surface area contributed by atoms with Crippen LogP contribution in [0.2, 0.25) is 0 Å². The molecule has 0 spiro atoms. The Bertz CT molecular complexity index is 935. The molecule has 170 valence electrons. The Morgan fingerprint density at radius 1 is 1.12 bits per heavy atom. The molecular weight excluding hydrogens is 436 g/mol. The molecule has 1 fully saturated rings. The molecule has 1 aliphatic rings. The summed E-state index contributed by atoms with van der Waals surface area (Å²) < 4.78 is 16.2. The van der Waals surface area contributed by atoms with Crippen LogP contribution < -0.4 is 0 Å². The van der Waals surface area contributed by atoms with Gasteiger partial charge >= 0.3 is 6.09 Å². The Balaban J connectivity index is 1.65. The van der Waals surface area contributed by atoms with Gasteiger partial charge in [-0.25, -0.2) is 4.79 Å². The number of hydrogen-bond acceptors (Lipinski definition) is 8. The minimum absolute atomic E-state index is 0.0363. The number of carbonyl (C=O) groups excluding carboxylic acids is 2. The lowest BCUT2D eigenvalue weighted by Crippen LogP contribution is -2.44. The van der Waals surface area contributed by atoms with E-state index in [2.05, 4.69) is 0 Å². The summed E-state index contributed by atoms with van der Waals surface area (Å²) in [6.45, 7) is 0.266. The van der Waals surface area contributed by atoms with Crippen LogP contribution in [0, 0.1) is 10.1 Å². The molecule has 32 heavy (non-hydrogen) atoms. The summed E-state index contributed by atoms with van der Waals surface area (Å²) in [6, 6.07) is 14.3. The first kappa shape index (κ1) is 23.7. The van der Waals surface area contributed by atoms with Crippen molar-refractivity contribution >= 4 is 28.7 Å². The van der Waals surface area contributed by atoms with Gasteiger partial charge in [0, 0.05) is 43.7 Å². The van der Waals surface area contributed by atoms with E-state index < -0.39 is 23.3 Å². The maximum atomic E-state index is 12.8. The molecule has 9 nitrogen and oxygen atoms in total. The van der Waals surface area contributed by atoms with E-state index >= 15 is 0 Å². The van der Waals surface area contributed by atoms with Gasteiger partial charge in [-0.3, -0.25) is 19.8 Å². The van der Waals surface area contributed by atoms with Crippen LogP contribution >= 0.6 is 11.8 Å². The van der Waals surface area contributed by atoms with E-state index in [1.807, 2.05) is 6.07 Å². The van der Waals surface area contributed by atoms with Crippen LogP contribution in [0.15, 0.2) is 54.6 Å². The standard InChI is InChI=1S/C22H24N2O7S/c1-29-21(30-2)19-12-18(32-20(25)16-6-4-3-5-7-16)13-23(19)22(26)31-14-15-8-10-17(11-9-15)24(27)28/h3-11,18-19,21H,12-14H2,1-2H3/t18-,19-/m0/s1. The fourth-order valence-electron chi connectivity index (χ4n) is 3.53. The number of methoxy groups -OCH3 is 2. The molecule has 3 rings (SSSR count). The SMILES string of the molecule is COC(OC)[C@@H]1C[C@H](SC(=O)c2ccccc2)CN1C(=O)OCc1ccc([N+](=O)[O-])cc1. The molecule has 0 aliphatic carbocycles. The van der Waals surface area contributed by atoms with Crippen LogP contribution in [0.25, 0.3) is 0 Å². The highest BCUT2D eigenvalue weighted by atomic mass is 32.2. The second kappa shape index (κ2) is 11.1. The number of nitro groups is 1. The number of ether oxygens (including phenoxy) is 3. The average molecular weight is 461 g/mol. The van der Waals surface area contributed by atoms with Gasteiger partial charge in [0.25, 0.3) is 5.69 Å². The van der Waals surface area contributed by atoms with Gasteiger partial charge in [0.1, 0.15) is 6.61 Å². The van der Waals surface area contributed by atoms with E-state index in [1.54, 1.807) is 24.3 Å². The zero-order valence-corrected chi connectivity index (χ0v) is 18.5. The van der Waals surface area contributed by atoms with Crippen molar-refractivity contribution in [3.63, 3.8) is 0 Å². The van der Waals surface area contributed by atoms with Crippen LogP contribution in [0.1, 0.15) is 22.3 Å². The number of thioether (sulfide) groups is 1. The maximum Gasteiger partial charge on any atom is 0.410 e. The molecule has 1 saturated heterocycles. The number of nitrogens with zero attached hydrogens (tertiary/aromatic N) is 2. The summed E-state index contributed by atoms with van der Waals surface area (Å²) in [5.74, 6) is 0. The van der Waals surface area contributed by atoms with E-state index in [1.165, 1.54) is 55.1 Å². The quantitative estimate of drug-likeness (QED) is 0.332. The summed E-state index contributed by atoms with van der Waals surface area (Å²) >= 11 is 1.18. The topological polar surface area (TPSA) is 108 Å². The zero-order chi connectivity index (χ0) is 23.1. The van der Waals surface area contributed by atoms with Gasteiger partial charge < -0.3 is 14.2 Å². The second-order valence-electron chi connectivity index (χ2n) is 7.17. The van der Waals surface area contributed by atoms with E-state index in [4.69, 9.17) is 14.2 Å². The normalized spacial score (nSPS) is 18.0. The predicted molar refractivity (Wildman–Crippen MR) is 118 cm³/mol. The molecular formula is C22H24N2O7S. The van der Waals surface area contributed by atoms with Gasteiger partial charge in [0.15, 0.2) is 6.29 Å². The van der Waals surface area contributed by atoms with Crippen molar-refractivity contribution < 1.29 is 28.7 Å². The number of hydrogen-bond donors (Lipinski definition) is 0. The highest BCUT2D eigenvalue weighted by Gasteiger charge is 2.42. The smallest absolute Gasteiger partial charge is 0.410 e. The first-order valence-electron chi connectivity index (χ1n) is 9.91. The van der Waals surface area contributed by atoms with Crippen LogP contribution in [0.5, 0.6) is 0 Å². The Kier molecular flexibility index (Phi) is 8.20. The van der Waals surface area contributed by atoms with Gasteiger partial charge in [-0.1, -0.05) is 42.1 Å². The summed E-state index contributed by atoms with van der Waals surface area (Å²) in [5, 5.41) is 10.6. The van der Waals surface area contributed by atoms with Crippen LogP contribution in [-0.2, 0) is 20.8 Å². The molecule has 1 amide bonds. The summed E-state index contributed by atoms with van der Waals surface area (Å²) in [4.78, 5) is 37.2. The highest BCUT2D eigenvalue weighted by Crippen LogP contribution is 2.33. The number of nitro benzene ring substituents is 1.